The van der Waals surface area contributed by atoms with Crippen molar-refractivity contribution in [3.8, 4) is 5.75 Å². The van der Waals surface area contributed by atoms with Crippen LogP contribution in [0.2, 0.25) is 0 Å². The van der Waals surface area contributed by atoms with Crippen molar-refractivity contribution in [1.82, 2.24) is 15.5 Å². The van der Waals surface area contributed by atoms with Crippen LogP contribution in [0.3, 0.4) is 0 Å². The van der Waals surface area contributed by atoms with Crippen molar-refractivity contribution in [2.45, 2.75) is 39.7 Å². The Morgan fingerprint density at radius 2 is 2.19 bits per heavy atom. The number of halogens is 1. The van der Waals surface area contributed by atoms with Crippen LogP contribution in [0.5, 0.6) is 5.75 Å². The van der Waals surface area contributed by atoms with Gasteiger partial charge in [0.2, 0.25) is 5.91 Å². The van der Waals surface area contributed by atoms with E-state index in [-0.39, 0.29) is 41.8 Å². The van der Waals surface area contributed by atoms with Crippen molar-refractivity contribution in [2.75, 3.05) is 33.3 Å². The second-order valence-electron chi connectivity index (χ2n) is 6.93. The third-order valence-corrected chi connectivity index (χ3v) is 4.48. The molecule has 1 saturated heterocycles. The third kappa shape index (κ3) is 7.56. The van der Waals surface area contributed by atoms with Crippen molar-refractivity contribution >= 4 is 35.8 Å². The van der Waals surface area contributed by atoms with Gasteiger partial charge in [-0.25, -0.2) is 0 Å². The van der Waals surface area contributed by atoms with Gasteiger partial charge in [0.1, 0.15) is 5.75 Å². The Kier molecular flexibility index (Phi) is 10.5. The van der Waals surface area contributed by atoms with Gasteiger partial charge in [-0.05, 0) is 37.5 Å². The summed E-state index contributed by atoms with van der Waals surface area (Å²) in [7, 11) is 1.68. The lowest BCUT2D eigenvalue weighted by Gasteiger charge is -2.20. The standard InChI is InChI=1S/C20H32N4O2.HI/c1-5-21-20(22-11-9-16-7-6-8-18(13-16)26-4)23-17-10-12-24(14-17)19(25)15(2)3;/h6-8,13,15,17H,5,9-12,14H2,1-4H3,(H2,21,22,23);1H. The molecule has 1 aliphatic heterocycles. The summed E-state index contributed by atoms with van der Waals surface area (Å²) >= 11 is 0. The number of rotatable bonds is 7. The number of guanidine groups is 1. The molecule has 0 bridgehead atoms. The minimum atomic E-state index is 0. The molecule has 2 N–H and O–H groups in total. The van der Waals surface area contributed by atoms with Gasteiger partial charge in [-0.15, -0.1) is 24.0 Å². The second-order valence-corrected chi connectivity index (χ2v) is 6.93. The number of hydrogen-bond acceptors (Lipinski definition) is 3. The number of carbonyl (C=O) groups excluding carboxylic acids is 1. The maximum absolute atomic E-state index is 12.1. The quantitative estimate of drug-likeness (QED) is 0.352. The number of carbonyl (C=O) groups is 1. The molecular formula is C20H33IN4O2. The summed E-state index contributed by atoms with van der Waals surface area (Å²) in [6.07, 6.45) is 1.81. The van der Waals surface area contributed by atoms with Crippen molar-refractivity contribution in [3.63, 3.8) is 0 Å². The Balaban J connectivity index is 0.00000364. The van der Waals surface area contributed by atoms with E-state index < -0.39 is 0 Å². The molecule has 6 nitrogen and oxygen atoms in total. The Morgan fingerprint density at radius 3 is 2.85 bits per heavy atom. The topological polar surface area (TPSA) is 66.0 Å². The SMILES string of the molecule is CCNC(=NCCc1cccc(OC)c1)NC1CCN(C(=O)C(C)C)C1.I. The van der Waals surface area contributed by atoms with Crippen molar-refractivity contribution in [1.29, 1.82) is 0 Å². The van der Waals surface area contributed by atoms with Crippen LogP contribution in [-0.2, 0) is 11.2 Å². The summed E-state index contributed by atoms with van der Waals surface area (Å²) in [5.74, 6) is 1.98. The van der Waals surface area contributed by atoms with Crippen LogP contribution >= 0.6 is 24.0 Å². The summed E-state index contributed by atoms with van der Waals surface area (Å²) in [5, 5.41) is 6.77. The number of likely N-dealkylation sites (tertiary alicyclic amines) is 1. The summed E-state index contributed by atoms with van der Waals surface area (Å²) in [6, 6.07) is 8.34. The van der Waals surface area contributed by atoms with Gasteiger partial charge in [-0.1, -0.05) is 26.0 Å². The smallest absolute Gasteiger partial charge is 0.225 e. The van der Waals surface area contributed by atoms with Crippen LogP contribution < -0.4 is 15.4 Å². The van der Waals surface area contributed by atoms with Gasteiger partial charge >= 0.3 is 0 Å². The molecule has 0 aromatic heterocycles. The summed E-state index contributed by atoms with van der Waals surface area (Å²) in [5.41, 5.74) is 1.21. The van der Waals surface area contributed by atoms with Crippen LogP contribution in [0.25, 0.3) is 0 Å². The number of nitrogens with zero attached hydrogens (tertiary/aromatic N) is 2. The number of benzene rings is 1. The lowest BCUT2D eigenvalue weighted by molar-refractivity contribution is -0.133. The minimum Gasteiger partial charge on any atom is -0.497 e. The molecular weight excluding hydrogens is 455 g/mol. The summed E-state index contributed by atoms with van der Waals surface area (Å²) < 4.78 is 5.26. The van der Waals surface area contributed by atoms with E-state index in [0.29, 0.717) is 6.54 Å². The molecule has 152 valence electrons. The van der Waals surface area contributed by atoms with Gasteiger partial charge < -0.3 is 20.3 Å². The normalized spacial score (nSPS) is 16.9. The van der Waals surface area contributed by atoms with Crippen molar-refractivity contribution < 1.29 is 9.53 Å². The number of ether oxygens (including phenoxy) is 1. The number of nitrogens with one attached hydrogen (secondary N) is 2. The highest BCUT2D eigenvalue weighted by Gasteiger charge is 2.27. The zero-order chi connectivity index (χ0) is 18.9. The number of amides is 1. The Hall–Kier alpha value is -1.51. The maximum Gasteiger partial charge on any atom is 0.225 e. The fraction of sp³-hybridized carbons (Fsp3) is 0.600. The highest BCUT2D eigenvalue weighted by molar-refractivity contribution is 14.0. The van der Waals surface area contributed by atoms with E-state index in [1.807, 2.05) is 36.9 Å². The molecule has 1 amide bonds. The molecule has 0 spiro atoms. The molecule has 1 aromatic rings. The van der Waals surface area contributed by atoms with Gasteiger partial charge in [0.05, 0.1) is 7.11 Å². The predicted octanol–water partition coefficient (Wildman–Crippen LogP) is 2.67. The lowest BCUT2D eigenvalue weighted by Crippen LogP contribution is -2.45. The van der Waals surface area contributed by atoms with E-state index in [1.165, 1.54) is 5.56 Å². The van der Waals surface area contributed by atoms with E-state index in [0.717, 1.165) is 44.2 Å². The van der Waals surface area contributed by atoms with Gasteiger partial charge in [-0.3, -0.25) is 9.79 Å². The van der Waals surface area contributed by atoms with Gasteiger partial charge in [-0.2, -0.15) is 0 Å². The molecule has 27 heavy (non-hydrogen) atoms. The first-order valence-corrected chi connectivity index (χ1v) is 9.50. The van der Waals surface area contributed by atoms with Crippen LogP contribution in [0.1, 0.15) is 32.8 Å². The largest absolute Gasteiger partial charge is 0.497 e. The third-order valence-electron chi connectivity index (χ3n) is 4.48. The molecule has 0 saturated carbocycles. The van der Waals surface area contributed by atoms with Crippen molar-refractivity contribution in [3.05, 3.63) is 29.8 Å². The molecule has 1 heterocycles. The van der Waals surface area contributed by atoms with E-state index in [1.54, 1.807) is 7.11 Å². The molecule has 1 aliphatic rings. The Morgan fingerprint density at radius 1 is 1.41 bits per heavy atom. The van der Waals surface area contributed by atoms with E-state index in [9.17, 15) is 4.79 Å². The van der Waals surface area contributed by atoms with Crippen LogP contribution in [0.15, 0.2) is 29.3 Å². The van der Waals surface area contributed by atoms with Gasteiger partial charge in [0, 0.05) is 38.1 Å². The first-order valence-electron chi connectivity index (χ1n) is 9.50. The molecule has 1 aromatic carbocycles. The molecule has 1 unspecified atom stereocenters. The molecule has 0 radical (unpaired) electrons. The second kappa shape index (κ2) is 12.0. The zero-order valence-corrected chi connectivity index (χ0v) is 19.2. The first-order chi connectivity index (χ1) is 12.5. The van der Waals surface area contributed by atoms with Crippen LogP contribution in [0, 0.1) is 5.92 Å². The first kappa shape index (κ1) is 23.5. The Bertz CT molecular complexity index is 622. The summed E-state index contributed by atoms with van der Waals surface area (Å²) in [4.78, 5) is 18.8. The van der Waals surface area contributed by atoms with Crippen LogP contribution in [0.4, 0.5) is 0 Å². The molecule has 2 rings (SSSR count). The lowest BCUT2D eigenvalue weighted by atomic mass is 10.1. The average Bonchev–Trinajstić information content (AvgIpc) is 3.09. The molecule has 7 heteroatoms. The highest BCUT2D eigenvalue weighted by Crippen LogP contribution is 2.14. The number of methoxy groups -OCH3 is 1. The van der Waals surface area contributed by atoms with E-state index >= 15 is 0 Å². The maximum atomic E-state index is 12.1. The molecule has 1 atom stereocenters. The van der Waals surface area contributed by atoms with E-state index in [4.69, 9.17) is 4.74 Å². The van der Waals surface area contributed by atoms with Crippen LogP contribution in [-0.4, -0.2) is 56.1 Å². The summed E-state index contributed by atoms with van der Waals surface area (Å²) in [6.45, 7) is 9.04. The predicted molar refractivity (Wildman–Crippen MR) is 121 cm³/mol. The fourth-order valence-corrected chi connectivity index (χ4v) is 3.08. The minimum absolute atomic E-state index is 0. The zero-order valence-electron chi connectivity index (χ0n) is 16.8. The average molecular weight is 488 g/mol. The fourth-order valence-electron chi connectivity index (χ4n) is 3.08. The van der Waals surface area contributed by atoms with Crippen molar-refractivity contribution in [2.24, 2.45) is 10.9 Å². The van der Waals surface area contributed by atoms with E-state index in [2.05, 4.69) is 28.6 Å². The highest BCUT2D eigenvalue weighted by atomic mass is 127. The molecule has 1 fully saturated rings. The monoisotopic (exact) mass is 488 g/mol. The number of hydrogen-bond donors (Lipinski definition) is 2. The van der Waals surface area contributed by atoms with Gasteiger partial charge in [0.25, 0.3) is 0 Å². The Labute approximate surface area is 180 Å². The van der Waals surface area contributed by atoms with Gasteiger partial charge in [0.15, 0.2) is 5.96 Å². The number of aliphatic imine (C=N–C) groups is 1. The molecule has 0 aliphatic carbocycles.